The van der Waals surface area contributed by atoms with E-state index >= 15 is 0 Å². The maximum atomic E-state index is 12.8. The van der Waals surface area contributed by atoms with E-state index in [1.54, 1.807) is 7.05 Å². The smallest absolute Gasteiger partial charge is 0.246 e. The van der Waals surface area contributed by atoms with Gasteiger partial charge in [0.05, 0.1) is 19.8 Å². The number of guanidine groups is 1. The SMILES string of the molecule is CN=C(NCC(=O)N1CCCc2ccccc21)Nc1ccc2c(c1)OCCCO2. The van der Waals surface area contributed by atoms with E-state index in [9.17, 15) is 4.79 Å². The number of amides is 1. The number of fused-ring (bicyclic) bond motifs is 2. The van der Waals surface area contributed by atoms with Crippen molar-refractivity contribution < 1.29 is 14.3 Å². The molecule has 0 aliphatic carbocycles. The van der Waals surface area contributed by atoms with Crippen molar-refractivity contribution in [3.05, 3.63) is 48.0 Å². The summed E-state index contributed by atoms with van der Waals surface area (Å²) in [6.07, 6.45) is 2.86. The third-order valence-corrected chi connectivity index (χ3v) is 5.05. The van der Waals surface area contributed by atoms with Gasteiger partial charge < -0.3 is 25.0 Å². The van der Waals surface area contributed by atoms with Gasteiger partial charge in [-0.05, 0) is 36.6 Å². The van der Waals surface area contributed by atoms with Gasteiger partial charge >= 0.3 is 0 Å². The number of ether oxygens (including phenoxy) is 2. The maximum Gasteiger partial charge on any atom is 0.246 e. The van der Waals surface area contributed by atoms with Crippen molar-refractivity contribution >= 4 is 23.2 Å². The van der Waals surface area contributed by atoms with Crippen LogP contribution in [0.3, 0.4) is 0 Å². The van der Waals surface area contributed by atoms with Crippen LogP contribution in [0.4, 0.5) is 11.4 Å². The predicted molar refractivity (Wildman–Crippen MR) is 114 cm³/mol. The highest BCUT2D eigenvalue weighted by Crippen LogP contribution is 2.32. The van der Waals surface area contributed by atoms with E-state index in [4.69, 9.17) is 9.47 Å². The second kappa shape index (κ2) is 8.86. The number of anilines is 2. The summed E-state index contributed by atoms with van der Waals surface area (Å²) < 4.78 is 11.4. The zero-order valence-corrected chi connectivity index (χ0v) is 16.6. The van der Waals surface area contributed by atoms with Crippen LogP contribution in [0.1, 0.15) is 18.4 Å². The van der Waals surface area contributed by atoms with Crippen molar-refractivity contribution in [3.8, 4) is 11.5 Å². The Kier molecular flexibility index (Phi) is 5.84. The second-order valence-electron chi connectivity index (χ2n) is 7.04. The third kappa shape index (κ3) is 4.45. The number of aliphatic imine (C=N–C) groups is 1. The van der Waals surface area contributed by atoms with Crippen molar-refractivity contribution in [2.24, 2.45) is 4.99 Å². The van der Waals surface area contributed by atoms with Gasteiger partial charge in [0.25, 0.3) is 0 Å². The first kappa shape index (κ1) is 19.1. The fourth-order valence-electron chi connectivity index (χ4n) is 3.60. The number of aryl methyl sites for hydroxylation is 1. The summed E-state index contributed by atoms with van der Waals surface area (Å²) in [7, 11) is 1.68. The molecule has 29 heavy (non-hydrogen) atoms. The normalized spacial score (nSPS) is 15.9. The van der Waals surface area contributed by atoms with Crippen LogP contribution in [-0.2, 0) is 11.2 Å². The molecule has 1 amide bonds. The molecule has 0 unspecified atom stereocenters. The van der Waals surface area contributed by atoms with Crippen LogP contribution >= 0.6 is 0 Å². The summed E-state index contributed by atoms with van der Waals surface area (Å²) in [5.74, 6) is 2.01. The molecule has 0 saturated carbocycles. The van der Waals surface area contributed by atoms with Gasteiger partial charge in [-0.15, -0.1) is 0 Å². The molecule has 2 aromatic rings. The minimum Gasteiger partial charge on any atom is -0.490 e. The molecule has 4 rings (SSSR count). The highest BCUT2D eigenvalue weighted by Gasteiger charge is 2.22. The van der Waals surface area contributed by atoms with E-state index in [0.717, 1.165) is 42.9 Å². The van der Waals surface area contributed by atoms with Gasteiger partial charge in [-0.1, -0.05) is 18.2 Å². The third-order valence-electron chi connectivity index (χ3n) is 5.05. The number of rotatable bonds is 3. The molecule has 0 saturated heterocycles. The van der Waals surface area contributed by atoms with Crippen molar-refractivity contribution in [1.82, 2.24) is 5.32 Å². The Morgan fingerprint density at radius 2 is 1.93 bits per heavy atom. The summed E-state index contributed by atoms with van der Waals surface area (Å²) in [6.45, 7) is 2.20. The molecule has 0 bridgehead atoms. The molecular formula is C22H26N4O3. The summed E-state index contributed by atoms with van der Waals surface area (Å²) in [4.78, 5) is 18.9. The van der Waals surface area contributed by atoms with Crippen LogP contribution in [-0.4, -0.2) is 45.2 Å². The molecule has 0 aromatic heterocycles. The first-order valence-electron chi connectivity index (χ1n) is 10.0. The molecule has 0 atom stereocenters. The molecule has 152 valence electrons. The lowest BCUT2D eigenvalue weighted by Crippen LogP contribution is -2.44. The van der Waals surface area contributed by atoms with Gasteiger partial charge in [0.1, 0.15) is 0 Å². The minimum absolute atomic E-state index is 0.0266. The quantitative estimate of drug-likeness (QED) is 0.619. The number of carbonyl (C=O) groups is 1. The average molecular weight is 394 g/mol. The number of hydrogen-bond donors (Lipinski definition) is 2. The standard InChI is InChI=1S/C22H26N4O3/c1-23-22(25-17-9-10-19-20(14-17)29-13-5-12-28-19)24-15-21(27)26-11-4-7-16-6-2-3-8-18(16)26/h2-3,6,8-10,14H,4-5,7,11-13,15H2,1H3,(H2,23,24,25). The van der Waals surface area contributed by atoms with Crippen LogP contribution in [0, 0.1) is 0 Å². The van der Waals surface area contributed by atoms with Crippen molar-refractivity contribution in [1.29, 1.82) is 0 Å². The molecule has 2 aromatic carbocycles. The van der Waals surface area contributed by atoms with Gasteiger partial charge in [0.15, 0.2) is 17.5 Å². The monoisotopic (exact) mass is 394 g/mol. The summed E-state index contributed by atoms with van der Waals surface area (Å²) in [5.41, 5.74) is 3.05. The summed E-state index contributed by atoms with van der Waals surface area (Å²) >= 11 is 0. The Hall–Kier alpha value is -3.22. The maximum absolute atomic E-state index is 12.8. The number of nitrogens with one attached hydrogen (secondary N) is 2. The lowest BCUT2D eigenvalue weighted by atomic mass is 10.0. The van der Waals surface area contributed by atoms with Crippen LogP contribution in [0.5, 0.6) is 11.5 Å². The number of nitrogens with zero attached hydrogens (tertiary/aromatic N) is 2. The molecular weight excluding hydrogens is 368 g/mol. The summed E-state index contributed by atoms with van der Waals surface area (Å²) in [6, 6.07) is 13.8. The fourth-order valence-corrected chi connectivity index (χ4v) is 3.60. The van der Waals surface area contributed by atoms with Crippen molar-refractivity contribution in [2.45, 2.75) is 19.3 Å². The molecule has 2 aliphatic rings. The Morgan fingerprint density at radius 1 is 1.10 bits per heavy atom. The second-order valence-corrected chi connectivity index (χ2v) is 7.04. The number of benzene rings is 2. The van der Waals surface area contributed by atoms with Gasteiger partial charge in [-0.2, -0.15) is 0 Å². The van der Waals surface area contributed by atoms with Crippen LogP contribution in [0.25, 0.3) is 0 Å². The Labute approximate surface area is 170 Å². The zero-order valence-electron chi connectivity index (χ0n) is 16.6. The molecule has 0 spiro atoms. The predicted octanol–water partition coefficient (Wildman–Crippen LogP) is 2.81. The van der Waals surface area contributed by atoms with Crippen molar-refractivity contribution in [3.63, 3.8) is 0 Å². The van der Waals surface area contributed by atoms with E-state index < -0.39 is 0 Å². The Balaban J connectivity index is 1.38. The number of hydrogen-bond acceptors (Lipinski definition) is 4. The highest BCUT2D eigenvalue weighted by atomic mass is 16.5. The molecule has 2 aliphatic heterocycles. The van der Waals surface area contributed by atoms with Gasteiger partial charge in [0, 0.05) is 37.5 Å². The molecule has 0 radical (unpaired) electrons. The largest absolute Gasteiger partial charge is 0.490 e. The first-order chi connectivity index (χ1) is 14.2. The van der Waals surface area contributed by atoms with Crippen LogP contribution in [0.2, 0.25) is 0 Å². The van der Waals surface area contributed by atoms with E-state index in [2.05, 4.69) is 21.7 Å². The molecule has 2 heterocycles. The van der Waals surface area contributed by atoms with Gasteiger partial charge in [-0.3, -0.25) is 9.79 Å². The van der Waals surface area contributed by atoms with E-state index in [1.165, 1.54) is 5.56 Å². The van der Waals surface area contributed by atoms with Gasteiger partial charge in [0.2, 0.25) is 5.91 Å². The fraction of sp³-hybridized carbons (Fsp3) is 0.364. The molecule has 2 N–H and O–H groups in total. The van der Waals surface area contributed by atoms with E-state index in [0.29, 0.717) is 24.9 Å². The molecule has 7 heteroatoms. The lowest BCUT2D eigenvalue weighted by molar-refractivity contribution is -0.117. The lowest BCUT2D eigenvalue weighted by Gasteiger charge is -2.29. The first-order valence-corrected chi connectivity index (χ1v) is 10.0. The highest BCUT2D eigenvalue weighted by molar-refractivity contribution is 6.00. The zero-order chi connectivity index (χ0) is 20.1. The summed E-state index contributed by atoms with van der Waals surface area (Å²) in [5, 5.41) is 6.32. The minimum atomic E-state index is 0.0266. The Morgan fingerprint density at radius 3 is 2.79 bits per heavy atom. The van der Waals surface area contributed by atoms with Crippen molar-refractivity contribution in [2.75, 3.05) is 43.6 Å². The molecule has 0 fully saturated rings. The van der Waals surface area contributed by atoms with Crippen LogP contribution in [0.15, 0.2) is 47.5 Å². The topological polar surface area (TPSA) is 75.2 Å². The van der Waals surface area contributed by atoms with E-state index in [-0.39, 0.29) is 12.5 Å². The number of carbonyl (C=O) groups excluding carboxylic acids is 1. The van der Waals surface area contributed by atoms with Crippen LogP contribution < -0.4 is 25.0 Å². The molecule has 7 nitrogen and oxygen atoms in total. The van der Waals surface area contributed by atoms with Gasteiger partial charge in [-0.25, -0.2) is 0 Å². The Bertz CT molecular complexity index is 913. The average Bonchev–Trinajstić information content (AvgIpc) is 3.01. The number of para-hydroxylation sites is 1. The van der Waals surface area contributed by atoms with E-state index in [1.807, 2.05) is 41.3 Å².